The number of aromatic nitrogens is 1. The molecule has 0 unspecified atom stereocenters. The Kier molecular flexibility index (Phi) is 3.77. The maximum Gasteiger partial charge on any atom is 0.303 e. The number of nitrogens with zero attached hydrogens (tertiary/aromatic N) is 1. The van der Waals surface area contributed by atoms with Crippen LogP contribution >= 0.6 is 0 Å². The number of rotatable bonds is 5. The molecule has 1 fully saturated rings. The Morgan fingerprint density at radius 1 is 1.25 bits per heavy atom. The summed E-state index contributed by atoms with van der Waals surface area (Å²) in [5.74, 6) is 0.0655. The minimum Gasteiger partial charge on any atom is -0.481 e. The zero-order chi connectivity index (χ0) is 13.9. The number of carbonyl (C=O) groups is 1. The van der Waals surface area contributed by atoms with E-state index in [1.165, 1.54) is 42.1 Å². The van der Waals surface area contributed by atoms with Crippen LogP contribution in [0.2, 0.25) is 0 Å². The highest BCUT2D eigenvalue weighted by Crippen LogP contribution is 2.29. The third kappa shape index (κ3) is 2.72. The first-order valence-corrected chi connectivity index (χ1v) is 7.52. The Bertz CT molecular complexity index is 608. The van der Waals surface area contributed by atoms with Crippen molar-refractivity contribution in [1.29, 1.82) is 0 Å². The van der Waals surface area contributed by atoms with Crippen LogP contribution in [-0.2, 0) is 17.8 Å². The van der Waals surface area contributed by atoms with E-state index in [-0.39, 0.29) is 6.42 Å². The van der Waals surface area contributed by atoms with Crippen molar-refractivity contribution in [2.45, 2.75) is 45.1 Å². The highest BCUT2D eigenvalue weighted by atomic mass is 16.4. The number of hydrogen-bond donors (Lipinski definition) is 1. The molecule has 0 spiro atoms. The minimum atomic E-state index is -0.724. The van der Waals surface area contributed by atoms with Gasteiger partial charge in [0.25, 0.3) is 0 Å². The quantitative estimate of drug-likeness (QED) is 0.897. The van der Waals surface area contributed by atoms with Crippen LogP contribution in [0.15, 0.2) is 30.5 Å². The topological polar surface area (TPSA) is 42.2 Å². The van der Waals surface area contributed by atoms with Gasteiger partial charge >= 0.3 is 5.97 Å². The van der Waals surface area contributed by atoms with Gasteiger partial charge in [0.1, 0.15) is 0 Å². The van der Waals surface area contributed by atoms with Gasteiger partial charge in [0.15, 0.2) is 0 Å². The van der Waals surface area contributed by atoms with Gasteiger partial charge in [0.05, 0.1) is 0 Å². The fraction of sp³-hybridized carbons (Fsp3) is 0.471. The fourth-order valence-electron chi connectivity index (χ4n) is 3.39. The van der Waals surface area contributed by atoms with E-state index in [2.05, 4.69) is 29.0 Å². The molecule has 1 N–H and O–H groups in total. The van der Waals surface area contributed by atoms with E-state index in [0.717, 1.165) is 12.5 Å². The summed E-state index contributed by atoms with van der Waals surface area (Å²) in [7, 11) is 0. The molecule has 0 atom stereocenters. The van der Waals surface area contributed by atoms with Gasteiger partial charge in [-0.1, -0.05) is 31.0 Å². The van der Waals surface area contributed by atoms with Gasteiger partial charge in [-0.2, -0.15) is 0 Å². The van der Waals surface area contributed by atoms with Crippen LogP contribution in [0, 0.1) is 5.92 Å². The molecule has 3 rings (SSSR count). The van der Waals surface area contributed by atoms with Crippen LogP contribution in [0.4, 0.5) is 0 Å². The highest BCUT2D eigenvalue weighted by molar-refractivity contribution is 5.84. The largest absolute Gasteiger partial charge is 0.481 e. The van der Waals surface area contributed by atoms with Crippen molar-refractivity contribution in [1.82, 2.24) is 4.57 Å². The molecule has 0 amide bonds. The molecule has 0 saturated heterocycles. The second-order valence-corrected chi connectivity index (χ2v) is 5.87. The number of hydrogen-bond acceptors (Lipinski definition) is 1. The van der Waals surface area contributed by atoms with E-state index in [9.17, 15) is 4.79 Å². The second-order valence-electron chi connectivity index (χ2n) is 5.87. The van der Waals surface area contributed by atoms with E-state index >= 15 is 0 Å². The first-order valence-electron chi connectivity index (χ1n) is 7.52. The lowest BCUT2D eigenvalue weighted by Gasteiger charge is -2.11. The van der Waals surface area contributed by atoms with Gasteiger partial charge in [0, 0.05) is 30.1 Å². The average Bonchev–Trinajstić information content (AvgIpc) is 3.06. The molecule has 0 bridgehead atoms. The summed E-state index contributed by atoms with van der Waals surface area (Å²) in [6.07, 6.45) is 8.37. The van der Waals surface area contributed by atoms with E-state index in [1.807, 2.05) is 6.07 Å². The zero-order valence-electron chi connectivity index (χ0n) is 11.7. The molecule has 3 nitrogen and oxygen atoms in total. The summed E-state index contributed by atoms with van der Waals surface area (Å²) >= 11 is 0. The lowest BCUT2D eigenvalue weighted by molar-refractivity contribution is -0.136. The standard InChI is InChI=1S/C17H21NO2/c19-17(20)10-9-14-12-18(11-13-5-1-2-6-13)16-8-4-3-7-15(14)16/h3-4,7-8,12-13H,1-2,5-6,9-11H2,(H,19,20). The molecule has 0 aliphatic heterocycles. The number of benzene rings is 1. The van der Waals surface area contributed by atoms with E-state index in [1.54, 1.807) is 0 Å². The molecule has 3 heteroatoms. The van der Waals surface area contributed by atoms with Crippen molar-refractivity contribution < 1.29 is 9.90 Å². The molecule has 1 heterocycles. The Morgan fingerprint density at radius 3 is 2.75 bits per heavy atom. The van der Waals surface area contributed by atoms with Gasteiger partial charge in [-0.25, -0.2) is 0 Å². The predicted molar refractivity (Wildman–Crippen MR) is 79.9 cm³/mol. The van der Waals surface area contributed by atoms with Crippen molar-refractivity contribution in [3.05, 3.63) is 36.0 Å². The van der Waals surface area contributed by atoms with Crippen molar-refractivity contribution >= 4 is 16.9 Å². The molecule has 1 aromatic heterocycles. The maximum atomic E-state index is 10.8. The van der Waals surface area contributed by atoms with Crippen molar-refractivity contribution in [3.63, 3.8) is 0 Å². The second kappa shape index (κ2) is 5.70. The summed E-state index contributed by atoms with van der Waals surface area (Å²) in [6.45, 7) is 1.08. The number of aryl methyl sites for hydroxylation is 1. The number of para-hydroxylation sites is 1. The van der Waals surface area contributed by atoms with Gasteiger partial charge in [-0.3, -0.25) is 4.79 Å². The summed E-state index contributed by atoms with van der Waals surface area (Å²) in [5, 5.41) is 10.1. The van der Waals surface area contributed by atoms with Crippen LogP contribution in [0.1, 0.15) is 37.7 Å². The lowest BCUT2D eigenvalue weighted by atomic mass is 10.1. The Hall–Kier alpha value is -1.77. The number of aliphatic carboxylic acids is 1. The fourth-order valence-corrected chi connectivity index (χ4v) is 3.39. The summed E-state index contributed by atoms with van der Waals surface area (Å²) in [4.78, 5) is 10.8. The molecule has 2 aromatic rings. The third-order valence-electron chi connectivity index (χ3n) is 4.41. The van der Waals surface area contributed by atoms with Crippen molar-refractivity contribution in [2.75, 3.05) is 0 Å². The predicted octanol–water partition coefficient (Wildman–Crippen LogP) is 3.85. The van der Waals surface area contributed by atoms with Gasteiger partial charge < -0.3 is 9.67 Å². The van der Waals surface area contributed by atoms with Crippen molar-refractivity contribution in [3.8, 4) is 0 Å². The molecule has 1 aliphatic rings. The van der Waals surface area contributed by atoms with Crippen molar-refractivity contribution in [2.24, 2.45) is 5.92 Å². The number of carboxylic acids is 1. The molecule has 1 aliphatic carbocycles. The third-order valence-corrected chi connectivity index (χ3v) is 4.41. The van der Waals surface area contributed by atoms with Crippen LogP contribution in [0.25, 0.3) is 10.9 Å². The van der Waals surface area contributed by atoms with Gasteiger partial charge in [-0.15, -0.1) is 0 Å². The van der Waals surface area contributed by atoms with E-state index < -0.39 is 5.97 Å². The normalized spacial score (nSPS) is 16.0. The van der Waals surface area contributed by atoms with Crippen LogP contribution < -0.4 is 0 Å². The molecule has 106 valence electrons. The Labute approximate surface area is 119 Å². The smallest absolute Gasteiger partial charge is 0.303 e. The Morgan fingerprint density at radius 2 is 2.00 bits per heavy atom. The van der Waals surface area contributed by atoms with E-state index in [0.29, 0.717) is 6.42 Å². The maximum absolute atomic E-state index is 10.8. The molecule has 20 heavy (non-hydrogen) atoms. The monoisotopic (exact) mass is 271 g/mol. The molecular weight excluding hydrogens is 250 g/mol. The highest BCUT2D eigenvalue weighted by Gasteiger charge is 2.17. The molecule has 0 radical (unpaired) electrons. The Balaban J connectivity index is 1.88. The number of fused-ring (bicyclic) bond motifs is 1. The van der Waals surface area contributed by atoms with Gasteiger partial charge in [-0.05, 0) is 36.8 Å². The van der Waals surface area contributed by atoms with Crippen LogP contribution in [-0.4, -0.2) is 15.6 Å². The first-order chi connectivity index (χ1) is 9.74. The molecular formula is C17H21NO2. The summed E-state index contributed by atoms with van der Waals surface area (Å²) in [6, 6.07) is 8.35. The molecule has 1 aromatic carbocycles. The average molecular weight is 271 g/mol. The first kappa shape index (κ1) is 13.2. The van der Waals surface area contributed by atoms with Crippen LogP contribution in [0.5, 0.6) is 0 Å². The summed E-state index contributed by atoms with van der Waals surface area (Å²) in [5.41, 5.74) is 2.42. The van der Waals surface area contributed by atoms with Gasteiger partial charge in [0.2, 0.25) is 0 Å². The van der Waals surface area contributed by atoms with E-state index in [4.69, 9.17) is 5.11 Å². The summed E-state index contributed by atoms with van der Waals surface area (Å²) < 4.78 is 2.34. The minimum absolute atomic E-state index is 0.206. The number of carboxylic acid groups (broad SMARTS) is 1. The SMILES string of the molecule is O=C(O)CCc1cn(CC2CCCC2)c2ccccc12. The lowest BCUT2D eigenvalue weighted by Crippen LogP contribution is -2.06. The van der Waals surface area contributed by atoms with Crippen LogP contribution in [0.3, 0.4) is 0 Å². The molecule has 1 saturated carbocycles. The zero-order valence-corrected chi connectivity index (χ0v) is 11.7.